The molecule has 0 radical (unpaired) electrons. The molecule has 12 aromatic rings. The van der Waals surface area contributed by atoms with E-state index in [1.54, 1.807) is 0 Å². The van der Waals surface area contributed by atoms with Crippen molar-refractivity contribution in [2.45, 2.75) is 24.7 Å². The maximum absolute atomic E-state index is 2.60. The molecule has 12 aromatic carbocycles. The summed E-state index contributed by atoms with van der Waals surface area (Å²) < 4.78 is 0. The van der Waals surface area contributed by atoms with Crippen LogP contribution in [0.5, 0.6) is 0 Å². The summed E-state index contributed by atoms with van der Waals surface area (Å²) in [6.45, 7) is 4.78. The minimum atomic E-state index is -0.585. The Labute approximate surface area is 428 Å². The Kier molecular flexibility index (Phi) is 9.85. The third kappa shape index (κ3) is 6.62. The van der Waals surface area contributed by atoms with Gasteiger partial charge < -0.3 is 4.90 Å². The molecule has 0 bridgehead atoms. The van der Waals surface area contributed by atoms with Crippen molar-refractivity contribution < 1.29 is 0 Å². The van der Waals surface area contributed by atoms with Crippen molar-refractivity contribution in [2.75, 3.05) is 4.90 Å². The molecule has 344 valence electrons. The lowest BCUT2D eigenvalue weighted by atomic mass is 9.67. The number of nitrogens with zero attached hydrogens (tertiary/aromatic N) is 1. The second kappa shape index (κ2) is 16.8. The molecule has 73 heavy (non-hydrogen) atoms. The SMILES string of the molecule is CC1(C)c2ccccc2-c2ccc(N(c3ccc4c(c3)C(c3ccccc3)(c3ccccc3)c3ccccc3-4)c3c(-c4ccccc4)cc(-c4ccc5ccccc5c4)cc3-c3cccc4ccccc34)cc21. The van der Waals surface area contributed by atoms with Crippen LogP contribution in [0.2, 0.25) is 0 Å². The lowest BCUT2D eigenvalue weighted by Crippen LogP contribution is -2.28. The predicted molar refractivity (Wildman–Crippen MR) is 307 cm³/mol. The molecule has 1 heteroatoms. The lowest BCUT2D eigenvalue weighted by Gasteiger charge is -2.36. The fourth-order valence-corrected chi connectivity index (χ4v) is 12.7. The first-order valence-electron chi connectivity index (χ1n) is 25.6. The average Bonchev–Trinajstić information content (AvgIpc) is 3.88. The van der Waals surface area contributed by atoms with Crippen LogP contribution in [0.3, 0.4) is 0 Å². The molecule has 2 aliphatic rings. The first-order valence-corrected chi connectivity index (χ1v) is 25.6. The van der Waals surface area contributed by atoms with Gasteiger partial charge in [0.1, 0.15) is 0 Å². The summed E-state index contributed by atoms with van der Waals surface area (Å²) in [5.74, 6) is 0. The van der Waals surface area contributed by atoms with Gasteiger partial charge in [-0.3, -0.25) is 0 Å². The van der Waals surface area contributed by atoms with E-state index in [2.05, 4.69) is 292 Å². The topological polar surface area (TPSA) is 3.24 Å². The van der Waals surface area contributed by atoms with Crippen LogP contribution >= 0.6 is 0 Å². The first-order chi connectivity index (χ1) is 36.0. The van der Waals surface area contributed by atoms with E-state index in [1.165, 1.54) is 93.9 Å². The molecule has 0 saturated carbocycles. The highest BCUT2D eigenvalue weighted by atomic mass is 15.1. The molecule has 0 fully saturated rings. The summed E-state index contributed by atoms with van der Waals surface area (Å²) >= 11 is 0. The van der Waals surface area contributed by atoms with Crippen LogP contribution in [0.1, 0.15) is 47.2 Å². The van der Waals surface area contributed by atoms with Gasteiger partial charge in [0.15, 0.2) is 0 Å². The molecule has 14 rings (SSSR count). The van der Waals surface area contributed by atoms with Gasteiger partial charge in [-0.15, -0.1) is 0 Å². The summed E-state index contributed by atoms with van der Waals surface area (Å²) in [5.41, 5.74) is 22.4. The molecule has 0 atom stereocenters. The van der Waals surface area contributed by atoms with Gasteiger partial charge >= 0.3 is 0 Å². The summed E-state index contributed by atoms with van der Waals surface area (Å²) in [5, 5.41) is 4.87. The highest BCUT2D eigenvalue weighted by molar-refractivity contribution is 6.07. The smallest absolute Gasteiger partial charge is 0.0714 e. The zero-order valence-corrected chi connectivity index (χ0v) is 40.9. The van der Waals surface area contributed by atoms with Gasteiger partial charge in [-0.2, -0.15) is 0 Å². The van der Waals surface area contributed by atoms with E-state index < -0.39 is 5.41 Å². The molecule has 2 aliphatic carbocycles. The third-order valence-corrected chi connectivity index (χ3v) is 16.1. The first kappa shape index (κ1) is 42.8. The quantitative estimate of drug-likeness (QED) is 0.147. The van der Waals surface area contributed by atoms with E-state index in [0.29, 0.717) is 0 Å². The van der Waals surface area contributed by atoms with Crippen LogP contribution < -0.4 is 4.90 Å². The molecule has 0 saturated heterocycles. The second-order valence-corrected chi connectivity index (χ2v) is 20.4. The minimum absolute atomic E-state index is 0.219. The van der Waals surface area contributed by atoms with Crippen molar-refractivity contribution in [3.63, 3.8) is 0 Å². The molecule has 0 heterocycles. The van der Waals surface area contributed by atoms with E-state index in [1.807, 2.05) is 0 Å². The fourth-order valence-electron chi connectivity index (χ4n) is 12.7. The van der Waals surface area contributed by atoms with Crippen molar-refractivity contribution in [1.82, 2.24) is 0 Å². The van der Waals surface area contributed by atoms with Gasteiger partial charge in [-0.1, -0.05) is 244 Å². The summed E-state index contributed by atoms with van der Waals surface area (Å²) in [4.78, 5) is 2.60. The normalized spacial score (nSPS) is 13.6. The Morgan fingerprint density at radius 1 is 0.274 bits per heavy atom. The maximum atomic E-state index is 2.60. The van der Waals surface area contributed by atoms with Gasteiger partial charge in [0.2, 0.25) is 0 Å². The Morgan fingerprint density at radius 3 is 1.49 bits per heavy atom. The van der Waals surface area contributed by atoms with Crippen molar-refractivity contribution in [3.8, 4) is 55.6 Å². The number of rotatable bonds is 8. The number of hydrogen-bond donors (Lipinski definition) is 0. The highest BCUT2D eigenvalue weighted by Gasteiger charge is 2.46. The van der Waals surface area contributed by atoms with Crippen molar-refractivity contribution in [1.29, 1.82) is 0 Å². The lowest BCUT2D eigenvalue weighted by molar-refractivity contribution is 0.660. The summed E-state index contributed by atoms with van der Waals surface area (Å²) in [6.07, 6.45) is 0. The number of anilines is 3. The standard InChI is InChI=1S/C72H51N/c1-71(2)66-35-18-16-32-60(66)62-41-39-56(46-68(62)71)73(57-40-42-63-61-33-17-19-36-67(61)72(69(63)47-57,54-27-8-4-9-28-54)55-29-10-5-11-30-55)70-64(50-22-6-3-7-23-50)44-53(52-38-37-48-21-12-13-25-51(48)43-52)45-65(70)59-34-20-26-49-24-14-15-31-58(49)59/h3-47H,1-2H3. The van der Waals surface area contributed by atoms with Crippen LogP contribution in [0.4, 0.5) is 17.1 Å². The number of hydrogen-bond acceptors (Lipinski definition) is 1. The highest BCUT2D eigenvalue weighted by Crippen LogP contribution is 2.59. The van der Waals surface area contributed by atoms with Crippen LogP contribution in [0.15, 0.2) is 273 Å². The van der Waals surface area contributed by atoms with Crippen LogP contribution in [0, 0.1) is 0 Å². The summed E-state index contributed by atoms with van der Waals surface area (Å²) in [7, 11) is 0. The van der Waals surface area contributed by atoms with E-state index in [0.717, 1.165) is 33.8 Å². The molecule has 0 N–H and O–H groups in total. The Balaban J connectivity index is 1.13. The molecule has 0 amide bonds. The number of benzene rings is 12. The molecular formula is C72H51N. The monoisotopic (exact) mass is 929 g/mol. The van der Waals surface area contributed by atoms with E-state index in [-0.39, 0.29) is 5.41 Å². The van der Waals surface area contributed by atoms with Crippen molar-refractivity contribution >= 4 is 38.6 Å². The van der Waals surface area contributed by atoms with E-state index >= 15 is 0 Å². The van der Waals surface area contributed by atoms with Crippen molar-refractivity contribution in [3.05, 3.63) is 306 Å². The average molecular weight is 930 g/mol. The maximum Gasteiger partial charge on any atom is 0.0714 e. The van der Waals surface area contributed by atoms with E-state index in [9.17, 15) is 0 Å². The van der Waals surface area contributed by atoms with Gasteiger partial charge in [0, 0.05) is 27.9 Å². The zero-order valence-electron chi connectivity index (χ0n) is 40.9. The van der Waals surface area contributed by atoms with Gasteiger partial charge in [-0.25, -0.2) is 0 Å². The number of fused-ring (bicyclic) bond motifs is 8. The Morgan fingerprint density at radius 2 is 0.781 bits per heavy atom. The zero-order chi connectivity index (χ0) is 48.7. The van der Waals surface area contributed by atoms with Gasteiger partial charge in [0.05, 0.1) is 11.1 Å². The van der Waals surface area contributed by atoms with Crippen molar-refractivity contribution in [2.24, 2.45) is 0 Å². The fraction of sp³-hybridized carbons (Fsp3) is 0.0556. The Hall–Kier alpha value is -9.04. The molecule has 0 aliphatic heterocycles. The van der Waals surface area contributed by atoms with Gasteiger partial charge in [-0.05, 0) is 142 Å². The third-order valence-electron chi connectivity index (χ3n) is 16.1. The predicted octanol–water partition coefficient (Wildman–Crippen LogP) is 19.1. The molecular weight excluding hydrogens is 879 g/mol. The van der Waals surface area contributed by atoms with Crippen LogP contribution in [-0.4, -0.2) is 0 Å². The Bertz CT molecular complexity index is 4070. The minimum Gasteiger partial charge on any atom is -0.309 e. The largest absolute Gasteiger partial charge is 0.309 e. The molecule has 0 aromatic heterocycles. The molecule has 0 unspecified atom stereocenters. The second-order valence-electron chi connectivity index (χ2n) is 20.4. The van der Waals surface area contributed by atoms with Crippen LogP contribution in [0.25, 0.3) is 77.2 Å². The summed E-state index contributed by atoms with van der Waals surface area (Å²) in [6, 6.07) is 102. The molecule has 0 spiro atoms. The van der Waals surface area contributed by atoms with Crippen LogP contribution in [-0.2, 0) is 10.8 Å². The van der Waals surface area contributed by atoms with E-state index in [4.69, 9.17) is 0 Å². The molecule has 1 nitrogen and oxygen atoms in total. The van der Waals surface area contributed by atoms with Gasteiger partial charge in [0.25, 0.3) is 0 Å².